The number of nitrogens with one attached hydrogen (secondary N) is 1. The Morgan fingerprint density at radius 1 is 1.19 bits per heavy atom. The maximum Gasteiger partial charge on any atom is 0.252 e. The van der Waals surface area contributed by atoms with Crippen molar-refractivity contribution in [2.45, 2.75) is 60.0 Å². The van der Waals surface area contributed by atoms with Crippen LogP contribution in [-0.2, 0) is 19.4 Å². The molecular weight excluding hydrogens is 264 g/mol. The monoisotopic (exact) mass is 288 g/mol. The molecule has 0 atom stereocenters. The molecule has 6 heteroatoms. The van der Waals surface area contributed by atoms with Gasteiger partial charge in [0.25, 0.3) is 5.95 Å². The summed E-state index contributed by atoms with van der Waals surface area (Å²) < 4.78 is 1.76. The van der Waals surface area contributed by atoms with E-state index in [-0.39, 0.29) is 0 Å². The highest BCUT2D eigenvalue weighted by Gasteiger charge is 2.12. The first kappa shape index (κ1) is 15.6. The van der Waals surface area contributed by atoms with Crippen molar-refractivity contribution in [1.29, 1.82) is 0 Å². The Morgan fingerprint density at radius 3 is 2.52 bits per heavy atom. The minimum absolute atomic E-state index is 0.443. The van der Waals surface area contributed by atoms with Crippen LogP contribution in [0.2, 0.25) is 0 Å². The third-order valence-electron chi connectivity index (χ3n) is 3.31. The Morgan fingerprint density at radius 2 is 1.95 bits per heavy atom. The summed E-state index contributed by atoms with van der Waals surface area (Å²) in [5, 5.41) is 7.86. The fourth-order valence-electron chi connectivity index (χ4n) is 2.00. The van der Waals surface area contributed by atoms with Crippen LogP contribution in [0.5, 0.6) is 0 Å². The first-order chi connectivity index (χ1) is 10.0. The van der Waals surface area contributed by atoms with Gasteiger partial charge >= 0.3 is 0 Å². The third-order valence-corrected chi connectivity index (χ3v) is 3.31. The van der Waals surface area contributed by atoms with Gasteiger partial charge in [0.1, 0.15) is 5.82 Å². The molecule has 2 aromatic heterocycles. The van der Waals surface area contributed by atoms with Crippen LogP contribution in [0.1, 0.15) is 50.6 Å². The molecule has 0 aliphatic heterocycles. The van der Waals surface area contributed by atoms with Crippen LogP contribution in [0.15, 0.2) is 6.20 Å². The van der Waals surface area contributed by atoms with E-state index in [9.17, 15) is 0 Å². The lowest BCUT2D eigenvalue weighted by molar-refractivity contribution is 0.583. The van der Waals surface area contributed by atoms with Crippen LogP contribution in [0.3, 0.4) is 0 Å². The van der Waals surface area contributed by atoms with Gasteiger partial charge in [-0.2, -0.15) is 4.68 Å². The zero-order valence-electron chi connectivity index (χ0n) is 13.5. The van der Waals surface area contributed by atoms with Crippen molar-refractivity contribution >= 4 is 0 Å². The van der Waals surface area contributed by atoms with Gasteiger partial charge in [0.15, 0.2) is 5.82 Å². The Kier molecular flexibility index (Phi) is 5.01. The highest BCUT2D eigenvalue weighted by molar-refractivity contribution is 5.22. The Bertz CT molecular complexity index is 602. The molecule has 0 aliphatic carbocycles. The van der Waals surface area contributed by atoms with Crippen molar-refractivity contribution in [2.75, 3.05) is 0 Å². The molecule has 0 unspecified atom stereocenters. The maximum atomic E-state index is 4.59. The van der Waals surface area contributed by atoms with Gasteiger partial charge in [0.2, 0.25) is 0 Å². The first-order valence-corrected chi connectivity index (χ1v) is 7.56. The molecule has 0 saturated carbocycles. The average Bonchev–Trinajstić information content (AvgIpc) is 2.89. The summed E-state index contributed by atoms with van der Waals surface area (Å²) in [6, 6.07) is 0.443. The molecule has 21 heavy (non-hydrogen) atoms. The summed E-state index contributed by atoms with van der Waals surface area (Å²) in [7, 11) is 0. The third kappa shape index (κ3) is 3.64. The number of hydrogen-bond acceptors (Lipinski definition) is 5. The van der Waals surface area contributed by atoms with E-state index in [2.05, 4.69) is 46.1 Å². The quantitative estimate of drug-likeness (QED) is 0.880. The Hall–Kier alpha value is -1.82. The predicted molar refractivity (Wildman–Crippen MR) is 82.4 cm³/mol. The van der Waals surface area contributed by atoms with Crippen LogP contribution < -0.4 is 5.32 Å². The lowest BCUT2D eigenvalue weighted by atomic mass is 10.2. The molecule has 0 saturated heterocycles. The maximum absolute atomic E-state index is 4.59. The smallest absolute Gasteiger partial charge is 0.252 e. The molecule has 0 radical (unpaired) electrons. The van der Waals surface area contributed by atoms with E-state index in [1.807, 2.05) is 20.0 Å². The summed E-state index contributed by atoms with van der Waals surface area (Å²) >= 11 is 0. The topological polar surface area (TPSA) is 68.5 Å². The van der Waals surface area contributed by atoms with Crippen molar-refractivity contribution in [2.24, 2.45) is 0 Å². The van der Waals surface area contributed by atoms with E-state index in [0.717, 1.165) is 42.3 Å². The van der Waals surface area contributed by atoms with E-state index in [1.54, 1.807) is 4.68 Å². The normalized spacial score (nSPS) is 11.3. The standard InChI is InChI=1S/C15H24N6/c1-6-13-19-14(7-2)21(20-13)15-17-9-12(11(5)18-15)8-16-10(3)4/h9-10,16H,6-8H2,1-5H3. The number of rotatable bonds is 6. The zero-order chi connectivity index (χ0) is 15.4. The SMILES string of the molecule is CCc1nc(CC)n(-c2ncc(CNC(C)C)c(C)n2)n1. The van der Waals surface area contributed by atoms with Crippen molar-refractivity contribution in [3.8, 4) is 5.95 Å². The van der Waals surface area contributed by atoms with Gasteiger partial charge in [-0.25, -0.2) is 15.0 Å². The van der Waals surface area contributed by atoms with E-state index in [4.69, 9.17) is 0 Å². The van der Waals surface area contributed by atoms with E-state index >= 15 is 0 Å². The van der Waals surface area contributed by atoms with Gasteiger partial charge in [-0.05, 0) is 6.92 Å². The lowest BCUT2D eigenvalue weighted by Gasteiger charge is -2.10. The molecular formula is C15H24N6. The molecule has 2 heterocycles. The fourth-order valence-corrected chi connectivity index (χ4v) is 2.00. The molecule has 0 spiro atoms. The van der Waals surface area contributed by atoms with Gasteiger partial charge in [0, 0.05) is 42.9 Å². The molecule has 0 fully saturated rings. The Balaban J connectivity index is 2.29. The summed E-state index contributed by atoms with van der Waals surface area (Å²) in [5.74, 6) is 2.34. The van der Waals surface area contributed by atoms with E-state index in [0.29, 0.717) is 12.0 Å². The molecule has 0 aliphatic rings. The largest absolute Gasteiger partial charge is 0.310 e. The van der Waals surface area contributed by atoms with Gasteiger partial charge in [-0.3, -0.25) is 0 Å². The molecule has 114 valence electrons. The minimum Gasteiger partial charge on any atom is -0.310 e. The fraction of sp³-hybridized carbons (Fsp3) is 0.600. The van der Waals surface area contributed by atoms with Gasteiger partial charge in [-0.1, -0.05) is 27.7 Å². The highest BCUT2D eigenvalue weighted by Crippen LogP contribution is 2.10. The van der Waals surface area contributed by atoms with Gasteiger partial charge in [-0.15, -0.1) is 5.10 Å². The first-order valence-electron chi connectivity index (χ1n) is 7.56. The summed E-state index contributed by atoms with van der Waals surface area (Å²) in [4.78, 5) is 13.5. The van der Waals surface area contributed by atoms with Crippen LogP contribution >= 0.6 is 0 Å². The summed E-state index contributed by atoms with van der Waals surface area (Å²) in [5.41, 5.74) is 2.09. The second-order valence-corrected chi connectivity index (χ2v) is 5.38. The van der Waals surface area contributed by atoms with Crippen molar-refractivity contribution in [3.05, 3.63) is 29.1 Å². The molecule has 2 aromatic rings. The molecule has 6 nitrogen and oxygen atoms in total. The molecule has 0 amide bonds. The van der Waals surface area contributed by atoms with Gasteiger partial charge < -0.3 is 5.32 Å². The lowest BCUT2D eigenvalue weighted by Crippen LogP contribution is -2.23. The predicted octanol–water partition coefficient (Wildman–Crippen LogP) is 1.99. The van der Waals surface area contributed by atoms with Crippen molar-refractivity contribution in [1.82, 2.24) is 30.0 Å². The second-order valence-electron chi connectivity index (χ2n) is 5.38. The van der Waals surface area contributed by atoms with Crippen molar-refractivity contribution in [3.63, 3.8) is 0 Å². The van der Waals surface area contributed by atoms with Crippen LogP contribution in [-0.4, -0.2) is 30.8 Å². The average molecular weight is 288 g/mol. The van der Waals surface area contributed by atoms with Crippen molar-refractivity contribution < 1.29 is 0 Å². The molecule has 0 bridgehead atoms. The summed E-state index contributed by atoms with van der Waals surface area (Å²) in [6.45, 7) is 11.1. The number of nitrogens with zero attached hydrogens (tertiary/aromatic N) is 5. The van der Waals surface area contributed by atoms with E-state index < -0.39 is 0 Å². The Labute approximate surface area is 126 Å². The zero-order valence-corrected chi connectivity index (χ0v) is 13.5. The summed E-state index contributed by atoms with van der Waals surface area (Å²) in [6.07, 6.45) is 3.50. The van der Waals surface area contributed by atoms with Gasteiger partial charge in [0.05, 0.1) is 0 Å². The van der Waals surface area contributed by atoms with Crippen LogP contribution in [0, 0.1) is 6.92 Å². The molecule has 2 rings (SSSR count). The molecule has 0 aromatic carbocycles. The van der Waals surface area contributed by atoms with E-state index in [1.165, 1.54) is 0 Å². The molecule has 1 N–H and O–H groups in total. The van der Waals surface area contributed by atoms with Crippen LogP contribution in [0.25, 0.3) is 5.95 Å². The van der Waals surface area contributed by atoms with Crippen LogP contribution in [0.4, 0.5) is 0 Å². The number of aromatic nitrogens is 5. The number of aryl methyl sites for hydroxylation is 3. The minimum atomic E-state index is 0.443. The highest BCUT2D eigenvalue weighted by atomic mass is 15.4. The second kappa shape index (κ2) is 6.76. The number of hydrogen-bond donors (Lipinski definition) is 1.